The first-order valence-electron chi connectivity index (χ1n) is 10.1. The van der Waals surface area contributed by atoms with E-state index >= 15 is 0 Å². The van der Waals surface area contributed by atoms with E-state index in [1.54, 1.807) is 18.3 Å². The zero-order chi connectivity index (χ0) is 19.4. The molecule has 6 nitrogen and oxygen atoms in total. The smallest absolute Gasteiger partial charge is 0.337 e. The molecule has 0 amide bonds. The van der Waals surface area contributed by atoms with E-state index in [4.69, 9.17) is 14.2 Å². The predicted molar refractivity (Wildman–Crippen MR) is 108 cm³/mol. The maximum Gasteiger partial charge on any atom is 0.337 e. The van der Waals surface area contributed by atoms with Crippen molar-refractivity contribution in [2.45, 2.75) is 31.9 Å². The summed E-state index contributed by atoms with van der Waals surface area (Å²) in [5.74, 6) is 1.13. The van der Waals surface area contributed by atoms with Crippen LogP contribution in [0.4, 0.5) is 0 Å². The highest BCUT2D eigenvalue weighted by Crippen LogP contribution is 2.41. The van der Waals surface area contributed by atoms with E-state index in [1.165, 1.54) is 23.8 Å². The average molecular weight is 388 g/mol. The molecule has 3 unspecified atom stereocenters. The molecule has 1 fully saturated rings. The molecule has 0 aliphatic carbocycles. The number of esters is 1. The van der Waals surface area contributed by atoms with Crippen molar-refractivity contribution in [1.82, 2.24) is 4.98 Å². The zero-order valence-corrected chi connectivity index (χ0v) is 16.6. The maximum absolute atomic E-state index is 12.3. The molecule has 0 radical (unpaired) electrons. The number of ether oxygens (including phenoxy) is 3. The lowest BCUT2D eigenvalue weighted by atomic mass is 9.72. The topological polar surface area (TPSA) is 65.0 Å². The van der Waals surface area contributed by atoms with Crippen LogP contribution in [0.5, 0.6) is 5.75 Å². The highest BCUT2D eigenvalue weighted by Gasteiger charge is 2.49. The molecule has 5 atom stereocenters. The minimum atomic E-state index is -0.261. The number of hydrogen-bond donors (Lipinski definition) is 2. The van der Waals surface area contributed by atoms with Crippen molar-refractivity contribution in [3.8, 4) is 5.75 Å². The Labute approximate surface area is 167 Å². The molecular weight excluding hydrogens is 356 g/mol. The maximum atomic E-state index is 12.3. The van der Waals surface area contributed by atoms with Crippen LogP contribution in [0, 0.1) is 11.8 Å². The van der Waals surface area contributed by atoms with Gasteiger partial charge < -0.3 is 24.1 Å². The quantitative estimate of drug-likeness (QED) is 0.776. The van der Waals surface area contributed by atoms with Gasteiger partial charge in [0, 0.05) is 38.6 Å². The lowest BCUT2D eigenvalue weighted by molar-refractivity contribution is -0.944. The molecule has 1 aromatic carbocycles. The second-order valence-electron chi connectivity index (χ2n) is 8.26. The third-order valence-electron chi connectivity index (χ3n) is 7.02. The highest BCUT2D eigenvalue weighted by atomic mass is 16.5. The monoisotopic (exact) mass is 387 g/mol. The van der Waals surface area contributed by atoms with E-state index in [0.717, 1.165) is 37.2 Å². The van der Waals surface area contributed by atoms with Crippen molar-refractivity contribution in [3.63, 3.8) is 0 Å². The number of piperidine rings is 1. The molecule has 6 heteroatoms. The summed E-state index contributed by atoms with van der Waals surface area (Å²) >= 11 is 0. The lowest BCUT2D eigenvalue weighted by Gasteiger charge is -2.46. The molecule has 3 aliphatic rings. The number of carbonyl (C=O) groups excluding carboxylic acids is 1. The van der Waals surface area contributed by atoms with Gasteiger partial charge in [0.15, 0.2) is 0 Å². The van der Waals surface area contributed by atoms with Crippen molar-refractivity contribution in [1.29, 1.82) is 0 Å². The first-order chi connectivity index (χ1) is 13.6. The minimum Gasteiger partial charge on any atom is -0.497 e. The van der Waals surface area contributed by atoms with Crippen LogP contribution in [0.15, 0.2) is 30.0 Å². The number of nitrogens with one attached hydrogen (secondary N) is 2. The summed E-state index contributed by atoms with van der Waals surface area (Å²) in [6, 6.07) is 6.64. The summed E-state index contributed by atoms with van der Waals surface area (Å²) < 4.78 is 16.2. The van der Waals surface area contributed by atoms with E-state index < -0.39 is 0 Å². The molecule has 1 saturated heterocycles. The molecule has 5 rings (SSSR count). The fraction of sp³-hybridized carbons (Fsp3) is 0.500. The minimum absolute atomic E-state index is 0. The van der Waals surface area contributed by atoms with Gasteiger partial charge in [-0.1, -0.05) is 0 Å². The first-order valence-corrected chi connectivity index (χ1v) is 10.1. The molecule has 3 aliphatic heterocycles. The number of aromatic amines is 1. The standard InChI is InChI=1S/C22H26N2O4.2H2/c1-12-17-10-24-7-6-15-14-5-4-13(26-2)8-19(14)23-21(15)20(24)9-16(17)18(11-28-12)22(25)27-3;;/h4-5,8,11-12,16-17,20,23H,6-7,9-10H2,1-3H3;2*1H/p+1/t12-,16?,17-,20?;;/m1../s1. The van der Waals surface area contributed by atoms with Gasteiger partial charge in [-0.05, 0) is 24.6 Å². The fourth-order valence-corrected chi connectivity index (χ4v) is 5.55. The average Bonchev–Trinajstić information content (AvgIpc) is 3.10. The van der Waals surface area contributed by atoms with Crippen molar-refractivity contribution in [3.05, 3.63) is 41.3 Å². The van der Waals surface area contributed by atoms with Gasteiger partial charge in [0.2, 0.25) is 0 Å². The third-order valence-corrected chi connectivity index (χ3v) is 7.02. The van der Waals surface area contributed by atoms with Gasteiger partial charge in [0.05, 0.1) is 50.8 Å². The Bertz CT molecular complexity index is 973. The summed E-state index contributed by atoms with van der Waals surface area (Å²) in [6.45, 7) is 4.25. The normalized spacial score (nSPS) is 31.1. The molecule has 28 heavy (non-hydrogen) atoms. The molecular formula is C22H31N2O4+. The Kier molecular flexibility index (Phi) is 4.12. The second kappa shape index (κ2) is 6.55. The number of methoxy groups -OCH3 is 2. The van der Waals surface area contributed by atoms with E-state index in [-0.39, 0.29) is 20.8 Å². The van der Waals surface area contributed by atoms with E-state index in [9.17, 15) is 4.79 Å². The van der Waals surface area contributed by atoms with E-state index in [1.807, 2.05) is 6.07 Å². The fourth-order valence-electron chi connectivity index (χ4n) is 5.55. The molecule has 0 bridgehead atoms. The van der Waals surface area contributed by atoms with Gasteiger partial charge in [-0.2, -0.15) is 0 Å². The Morgan fingerprint density at radius 1 is 1.36 bits per heavy atom. The van der Waals surface area contributed by atoms with Crippen LogP contribution in [-0.2, 0) is 20.7 Å². The summed E-state index contributed by atoms with van der Waals surface area (Å²) in [7, 11) is 3.14. The Morgan fingerprint density at radius 2 is 2.21 bits per heavy atom. The Morgan fingerprint density at radius 3 is 3.00 bits per heavy atom. The summed E-state index contributed by atoms with van der Waals surface area (Å²) in [6.07, 6.45) is 3.77. The van der Waals surface area contributed by atoms with Crippen LogP contribution in [0.3, 0.4) is 0 Å². The molecule has 0 spiro atoms. The van der Waals surface area contributed by atoms with Crippen LogP contribution in [0.2, 0.25) is 0 Å². The van der Waals surface area contributed by atoms with Crippen molar-refractivity contribution >= 4 is 16.9 Å². The van der Waals surface area contributed by atoms with Gasteiger partial charge in [-0.3, -0.25) is 0 Å². The lowest BCUT2D eigenvalue weighted by Crippen LogP contribution is -3.15. The number of benzene rings is 1. The molecule has 0 saturated carbocycles. The predicted octanol–water partition coefficient (Wildman–Crippen LogP) is 2.26. The number of rotatable bonds is 2. The summed E-state index contributed by atoms with van der Waals surface area (Å²) in [5.41, 5.74) is 4.58. The van der Waals surface area contributed by atoms with Gasteiger partial charge >= 0.3 is 5.97 Å². The largest absolute Gasteiger partial charge is 0.497 e. The van der Waals surface area contributed by atoms with Crippen LogP contribution in [0.25, 0.3) is 10.9 Å². The number of carbonyl (C=O) groups is 1. The number of hydrogen-bond acceptors (Lipinski definition) is 4. The Balaban J connectivity index is 0.00000128. The van der Waals surface area contributed by atoms with Crippen LogP contribution in [0.1, 0.15) is 33.5 Å². The van der Waals surface area contributed by atoms with Crippen LogP contribution in [-0.4, -0.2) is 44.4 Å². The molecule has 4 heterocycles. The molecule has 1 aromatic heterocycles. The SMILES string of the molecule is COC(=O)C1=CO[C@H](C)[C@H]2C[NH+]3CCc4c([nH]c5cc(OC)ccc45)C3CC12.[HH].[HH]. The van der Waals surface area contributed by atoms with E-state index in [2.05, 4.69) is 24.0 Å². The third kappa shape index (κ3) is 2.54. The second-order valence-corrected chi connectivity index (χ2v) is 8.26. The molecule has 152 valence electrons. The van der Waals surface area contributed by atoms with Gasteiger partial charge in [-0.25, -0.2) is 4.79 Å². The number of aromatic nitrogens is 1. The zero-order valence-electron chi connectivity index (χ0n) is 16.6. The van der Waals surface area contributed by atoms with E-state index in [0.29, 0.717) is 17.5 Å². The van der Waals surface area contributed by atoms with Gasteiger partial charge in [-0.15, -0.1) is 0 Å². The van der Waals surface area contributed by atoms with Crippen molar-refractivity contribution in [2.24, 2.45) is 11.8 Å². The van der Waals surface area contributed by atoms with Gasteiger partial charge in [0.25, 0.3) is 0 Å². The first kappa shape index (κ1) is 17.6. The number of fused-ring (bicyclic) bond motifs is 6. The number of H-pyrrole nitrogens is 1. The Hall–Kier alpha value is -2.47. The molecule has 2 aromatic rings. The van der Waals surface area contributed by atoms with Crippen LogP contribution >= 0.6 is 0 Å². The molecule has 2 N–H and O–H groups in total. The summed E-state index contributed by atoms with van der Waals surface area (Å²) in [5, 5.41) is 1.29. The van der Waals surface area contributed by atoms with Crippen LogP contribution < -0.4 is 9.64 Å². The van der Waals surface area contributed by atoms with Gasteiger partial charge in [0.1, 0.15) is 17.9 Å². The summed E-state index contributed by atoms with van der Waals surface area (Å²) in [4.78, 5) is 17.6. The highest BCUT2D eigenvalue weighted by molar-refractivity contribution is 5.89. The van der Waals surface area contributed by atoms with Crippen molar-refractivity contribution < 1.29 is 26.8 Å². The number of quaternary nitrogens is 1. The van der Waals surface area contributed by atoms with Crippen molar-refractivity contribution in [2.75, 3.05) is 27.3 Å².